The van der Waals surface area contributed by atoms with Crippen molar-refractivity contribution in [1.82, 2.24) is 0 Å². The lowest BCUT2D eigenvalue weighted by molar-refractivity contribution is -0.0769. The highest BCUT2D eigenvalue weighted by Gasteiger charge is 2.25. The van der Waals surface area contributed by atoms with Crippen molar-refractivity contribution in [2.45, 2.75) is 12.3 Å². The fourth-order valence-corrected chi connectivity index (χ4v) is 0.765. The summed E-state index contributed by atoms with van der Waals surface area (Å²) in [5, 5.41) is 0. The van der Waals surface area contributed by atoms with Crippen LogP contribution in [0, 0.1) is 0 Å². The first-order chi connectivity index (χ1) is 4.66. The monoisotopic (exact) mass is 143 g/mol. The largest absolute Gasteiger partial charge is 0.399 e. The van der Waals surface area contributed by atoms with Crippen molar-refractivity contribution in [2.75, 3.05) is 7.11 Å². The third kappa shape index (κ3) is 1.36. The molecule has 1 rings (SSSR count). The summed E-state index contributed by atoms with van der Waals surface area (Å²) in [6.07, 6.45) is 4.63. The number of alkyl halides is 1. The molecule has 1 aliphatic carbocycles. The molecule has 1 atom stereocenters. The highest BCUT2D eigenvalue weighted by molar-refractivity contribution is 5.23. The summed E-state index contributed by atoms with van der Waals surface area (Å²) in [5.41, 5.74) is 5.95. The molecule has 0 heterocycles. The average Bonchev–Trinajstić information content (AvgIpc) is 1.96. The summed E-state index contributed by atoms with van der Waals surface area (Å²) in [4.78, 5) is 0. The molecule has 0 aromatic rings. The topological polar surface area (TPSA) is 35.2 Å². The van der Waals surface area contributed by atoms with Crippen molar-refractivity contribution in [3.63, 3.8) is 0 Å². The second-order valence-corrected chi connectivity index (χ2v) is 2.23. The summed E-state index contributed by atoms with van der Waals surface area (Å²) < 4.78 is 17.6. The van der Waals surface area contributed by atoms with Gasteiger partial charge in [0.1, 0.15) is 0 Å². The maximum absolute atomic E-state index is 13.1. The SMILES string of the molecule is COC1(F)C=CC(N)=CC1. The third-order valence-corrected chi connectivity index (χ3v) is 1.48. The Kier molecular flexibility index (Phi) is 1.76. The van der Waals surface area contributed by atoms with Crippen LogP contribution in [-0.4, -0.2) is 13.0 Å². The minimum atomic E-state index is -1.64. The molecule has 0 saturated heterocycles. The molecule has 2 nitrogen and oxygen atoms in total. The molecule has 0 amide bonds. The van der Waals surface area contributed by atoms with Crippen molar-refractivity contribution < 1.29 is 9.13 Å². The summed E-state index contributed by atoms with van der Waals surface area (Å²) in [5.74, 6) is -1.64. The minimum Gasteiger partial charge on any atom is -0.399 e. The van der Waals surface area contributed by atoms with Crippen LogP contribution in [0.2, 0.25) is 0 Å². The van der Waals surface area contributed by atoms with E-state index in [9.17, 15) is 4.39 Å². The molecule has 0 bridgehead atoms. The van der Waals surface area contributed by atoms with E-state index in [2.05, 4.69) is 4.74 Å². The fourth-order valence-electron chi connectivity index (χ4n) is 0.765. The molecule has 0 saturated carbocycles. The van der Waals surface area contributed by atoms with Gasteiger partial charge in [-0.25, -0.2) is 4.39 Å². The first-order valence-corrected chi connectivity index (χ1v) is 3.05. The van der Waals surface area contributed by atoms with E-state index in [-0.39, 0.29) is 6.42 Å². The van der Waals surface area contributed by atoms with Crippen molar-refractivity contribution in [3.05, 3.63) is 23.9 Å². The first kappa shape index (κ1) is 7.28. The zero-order chi connectivity index (χ0) is 7.61. The smallest absolute Gasteiger partial charge is 0.232 e. The second kappa shape index (κ2) is 2.42. The number of ether oxygens (including phenoxy) is 1. The first-order valence-electron chi connectivity index (χ1n) is 3.05. The molecule has 10 heavy (non-hydrogen) atoms. The van der Waals surface area contributed by atoms with Crippen LogP contribution in [0.15, 0.2) is 23.9 Å². The van der Waals surface area contributed by atoms with E-state index in [0.29, 0.717) is 5.70 Å². The lowest BCUT2D eigenvalue weighted by Gasteiger charge is -2.20. The molecular weight excluding hydrogens is 133 g/mol. The van der Waals surface area contributed by atoms with Gasteiger partial charge in [-0.05, 0) is 12.2 Å². The Morgan fingerprint density at radius 3 is 2.90 bits per heavy atom. The lowest BCUT2D eigenvalue weighted by atomic mass is 10.1. The number of hydrogen-bond acceptors (Lipinski definition) is 2. The fraction of sp³-hybridized carbons (Fsp3) is 0.429. The highest BCUT2D eigenvalue weighted by atomic mass is 19.2. The van der Waals surface area contributed by atoms with Gasteiger partial charge in [0.15, 0.2) is 0 Å². The number of halogens is 1. The molecular formula is C7H10FNO. The molecule has 0 aromatic heterocycles. The molecule has 1 unspecified atom stereocenters. The molecule has 1 aliphatic rings. The predicted molar refractivity (Wildman–Crippen MR) is 36.9 cm³/mol. The van der Waals surface area contributed by atoms with Gasteiger partial charge in [-0.3, -0.25) is 0 Å². The number of rotatable bonds is 1. The maximum atomic E-state index is 13.1. The Morgan fingerprint density at radius 2 is 2.50 bits per heavy atom. The maximum Gasteiger partial charge on any atom is 0.232 e. The van der Waals surface area contributed by atoms with E-state index in [1.807, 2.05) is 0 Å². The van der Waals surface area contributed by atoms with Gasteiger partial charge in [-0.15, -0.1) is 0 Å². The predicted octanol–water partition coefficient (Wildman–Crippen LogP) is 1.10. The molecule has 56 valence electrons. The Labute approximate surface area is 59.2 Å². The van der Waals surface area contributed by atoms with Gasteiger partial charge in [0, 0.05) is 19.2 Å². The van der Waals surface area contributed by atoms with Crippen LogP contribution in [0.4, 0.5) is 4.39 Å². The lowest BCUT2D eigenvalue weighted by Crippen LogP contribution is -2.24. The molecule has 0 spiro atoms. The summed E-state index contributed by atoms with van der Waals surface area (Å²) in [7, 11) is 1.33. The summed E-state index contributed by atoms with van der Waals surface area (Å²) in [6, 6.07) is 0. The number of nitrogens with two attached hydrogens (primary N) is 1. The van der Waals surface area contributed by atoms with Crippen LogP contribution in [0.25, 0.3) is 0 Å². The van der Waals surface area contributed by atoms with E-state index in [1.165, 1.54) is 19.3 Å². The Balaban J connectivity index is 2.67. The number of hydrogen-bond donors (Lipinski definition) is 1. The van der Waals surface area contributed by atoms with E-state index < -0.39 is 5.85 Å². The van der Waals surface area contributed by atoms with Crippen LogP contribution >= 0.6 is 0 Å². The highest BCUT2D eigenvalue weighted by Crippen LogP contribution is 2.23. The van der Waals surface area contributed by atoms with Gasteiger partial charge in [-0.1, -0.05) is 6.08 Å². The van der Waals surface area contributed by atoms with Crippen molar-refractivity contribution in [3.8, 4) is 0 Å². The van der Waals surface area contributed by atoms with Crippen LogP contribution in [0.5, 0.6) is 0 Å². The van der Waals surface area contributed by atoms with Gasteiger partial charge in [0.25, 0.3) is 0 Å². The minimum absolute atomic E-state index is 0.200. The normalized spacial score (nSPS) is 32.0. The van der Waals surface area contributed by atoms with E-state index in [0.717, 1.165) is 0 Å². The van der Waals surface area contributed by atoms with E-state index in [4.69, 9.17) is 5.73 Å². The van der Waals surface area contributed by atoms with E-state index >= 15 is 0 Å². The van der Waals surface area contributed by atoms with Gasteiger partial charge in [-0.2, -0.15) is 0 Å². The third-order valence-electron chi connectivity index (χ3n) is 1.48. The van der Waals surface area contributed by atoms with Gasteiger partial charge in [0.05, 0.1) is 0 Å². The van der Waals surface area contributed by atoms with Crippen LogP contribution < -0.4 is 5.73 Å². The number of allylic oxidation sites excluding steroid dienone is 1. The Bertz CT molecular complexity index is 188. The standard InChI is InChI=1S/C7H10FNO/c1-10-7(8)4-2-6(9)3-5-7/h2-4H,5,9H2,1H3. The molecule has 0 radical (unpaired) electrons. The van der Waals surface area contributed by atoms with E-state index in [1.54, 1.807) is 6.08 Å². The molecule has 2 N–H and O–H groups in total. The Morgan fingerprint density at radius 1 is 1.80 bits per heavy atom. The molecule has 0 fully saturated rings. The summed E-state index contributed by atoms with van der Waals surface area (Å²) >= 11 is 0. The van der Waals surface area contributed by atoms with Crippen LogP contribution in [0.1, 0.15) is 6.42 Å². The Hall–Kier alpha value is -0.830. The zero-order valence-electron chi connectivity index (χ0n) is 5.80. The average molecular weight is 143 g/mol. The van der Waals surface area contributed by atoms with Crippen LogP contribution in [-0.2, 0) is 4.74 Å². The molecule has 0 aromatic carbocycles. The second-order valence-electron chi connectivity index (χ2n) is 2.23. The molecule has 3 heteroatoms. The van der Waals surface area contributed by atoms with Crippen molar-refractivity contribution in [1.29, 1.82) is 0 Å². The van der Waals surface area contributed by atoms with Gasteiger partial charge < -0.3 is 10.5 Å². The van der Waals surface area contributed by atoms with Gasteiger partial charge >= 0.3 is 0 Å². The zero-order valence-corrected chi connectivity index (χ0v) is 5.80. The van der Waals surface area contributed by atoms with Crippen molar-refractivity contribution >= 4 is 0 Å². The van der Waals surface area contributed by atoms with Gasteiger partial charge in [0.2, 0.25) is 5.85 Å². The molecule has 0 aliphatic heterocycles. The summed E-state index contributed by atoms with van der Waals surface area (Å²) in [6.45, 7) is 0. The van der Waals surface area contributed by atoms with Crippen molar-refractivity contribution in [2.24, 2.45) is 5.73 Å². The number of methoxy groups -OCH3 is 1. The quantitative estimate of drug-likeness (QED) is 0.596. The van der Waals surface area contributed by atoms with Crippen LogP contribution in [0.3, 0.4) is 0 Å².